The highest BCUT2D eigenvalue weighted by molar-refractivity contribution is 6.31. The number of rotatable bonds is 13. The van der Waals surface area contributed by atoms with Crippen LogP contribution >= 0.6 is 23.2 Å². The Morgan fingerprint density at radius 1 is 0.781 bits per heavy atom. The molecule has 7 rings (SSSR count). The van der Waals surface area contributed by atoms with Gasteiger partial charge in [0, 0.05) is 80.9 Å². The lowest BCUT2D eigenvalue weighted by molar-refractivity contribution is -0.147. The number of hydrogen-bond acceptors (Lipinski definition) is 9. The lowest BCUT2D eigenvalue weighted by Crippen LogP contribution is -2.57. The van der Waals surface area contributed by atoms with E-state index in [9.17, 15) is 19.2 Å². The molecule has 5 aromatic rings. The predicted octanol–water partition coefficient (Wildman–Crippen LogP) is 7.45. The Balaban J connectivity index is 1.22. The van der Waals surface area contributed by atoms with Crippen molar-refractivity contribution >= 4 is 52.7 Å². The van der Waals surface area contributed by atoms with Gasteiger partial charge in [-0.1, -0.05) is 65.7 Å². The summed E-state index contributed by atoms with van der Waals surface area (Å²) in [5.74, 6) is -3.13. The zero-order chi connectivity index (χ0) is 52.3. The van der Waals surface area contributed by atoms with E-state index in [0.29, 0.717) is 10.8 Å². The van der Waals surface area contributed by atoms with Crippen molar-refractivity contribution in [2.45, 2.75) is 89.6 Å². The molecule has 0 spiro atoms. The van der Waals surface area contributed by atoms with Crippen LogP contribution in [0.25, 0.3) is 11.3 Å². The fraction of sp³-hybridized carbons (Fsp3) is 0.418. The second kappa shape index (κ2) is 25.1. The lowest BCUT2D eigenvalue weighted by atomic mass is 9.93. The average molecular weight is 1040 g/mol. The molecule has 2 fully saturated rings. The Morgan fingerprint density at radius 2 is 1.47 bits per heavy atom. The van der Waals surface area contributed by atoms with Crippen molar-refractivity contribution in [1.82, 2.24) is 39.8 Å². The van der Waals surface area contributed by atoms with E-state index in [2.05, 4.69) is 20.1 Å². The topological polar surface area (TPSA) is 159 Å². The molecule has 2 aliphatic heterocycles. The fourth-order valence-electron chi connectivity index (χ4n) is 9.36. The van der Waals surface area contributed by atoms with Crippen molar-refractivity contribution in [3.8, 4) is 22.8 Å². The Bertz CT molecular complexity index is 2720. The molecule has 0 saturated carbocycles. The summed E-state index contributed by atoms with van der Waals surface area (Å²) in [7, 11) is 6.53. The van der Waals surface area contributed by atoms with Crippen LogP contribution in [0.5, 0.6) is 11.5 Å². The molecule has 18 heteroatoms. The minimum Gasteiger partial charge on any atom is -0.457 e. The van der Waals surface area contributed by atoms with Crippen molar-refractivity contribution in [3.63, 3.8) is 0 Å². The van der Waals surface area contributed by atoms with Crippen LogP contribution in [0.15, 0.2) is 97.2 Å². The first-order chi connectivity index (χ1) is 35.0. The SMILES string of the molecule is COC[C@@H]1NC(=O)[C@H](C)N(Cc2c(F)cc(Cl)cc2Oc2ccc(-c3cnc(CN4CCCC4)n3C)cc2)C(=O)C[C@@H](Cc2ccccc2)C(=O)N(C)[C@@H](C)CNC(=O)C[C@H](Cc2ccc(Cl)cc2)N(C)C1=O. The summed E-state index contributed by atoms with van der Waals surface area (Å²) >= 11 is 12.7. The zero-order valence-corrected chi connectivity index (χ0v) is 43.8. The molecule has 15 nitrogen and oxygen atoms in total. The maximum absolute atomic E-state index is 16.5. The van der Waals surface area contributed by atoms with E-state index < -0.39 is 60.2 Å². The van der Waals surface area contributed by atoms with E-state index >= 15 is 9.18 Å². The molecule has 73 heavy (non-hydrogen) atoms. The molecule has 0 bridgehead atoms. The molecule has 2 saturated heterocycles. The Hall–Kier alpha value is -6.33. The highest BCUT2D eigenvalue weighted by Gasteiger charge is 2.37. The number of likely N-dealkylation sites (N-methyl/N-ethyl adjacent to an activating group) is 2. The number of hydrogen-bond donors (Lipinski definition) is 2. The number of likely N-dealkylation sites (tertiary alicyclic amines) is 1. The summed E-state index contributed by atoms with van der Waals surface area (Å²) in [6.07, 6.45) is 4.13. The second-order valence-electron chi connectivity index (χ2n) is 19.1. The number of amides is 5. The molecule has 2 N–H and O–H groups in total. The van der Waals surface area contributed by atoms with Gasteiger partial charge in [0.1, 0.15) is 35.2 Å². The van der Waals surface area contributed by atoms with Gasteiger partial charge in [-0.15, -0.1) is 0 Å². The molecule has 388 valence electrons. The van der Waals surface area contributed by atoms with Crippen molar-refractivity contribution in [3.05, 3.63) is 136 Å². The first kappa shape index (κ1) is 54.4. The number of carbonyl (C=O) groups excluding carboxylic acids is 5. The molecule has 4 aromatic carbocycles. The Morgan fingerprint density at radius 3 is 2.15 bits per heavy atom. The van der Waals surface area contributed by atoms with Gasteiger partial charge in [-0.2, -0.15) is 0 Å². The molecule has 0 aliphatic carbocycles. The molecule has 5 atom stereocenters. The number of carbonyl (C=O) groups is 5. The number of nitrogens with zero attached hydrogens (tertiary/aromatic N) is 6. The molecule has 0 radical (unpaired) electrons. The quantitative estimate of drug-likeness (QED) is 0.122. The first-order valence-electron chi connectivity index (χ1n) is 24.7. The summed E-state index contributed by atoms with van der Waals surface area (Å²) in [6.45, 7) is 5.45. The second-order valence-corrected chi connectivity index (χ2v) is 20.0. The zero-order valence-electron chi connectivity index (χ0n) is 42.3. The van der Waals surface area contributed by atoms with Crippen LogP contribution in [-0.4, -0.2) is 130 Å². The van der Waals surface area contributed by atoms with Crippen LogP contribution in [-0.2, 0) is 61.7 Å². The summed E-state index contributed by atoms with van der Waals surface area (Å²) < 4.78 is 30.4. The van der Waals surface area contributed by atoms with Crippen molar-refractivity contribution in [2.24, 2.45) is 13.0 Å². The molecule has 0 unspecified atom stereocenters. The van der Waals surface area contributed by atoms with E-state index in [1.165, 1.54) is 47.6 Å². The number of aromatic nitrogens is 2. The summed E-state index contributed by atoms with van der Waals surface area (Å²) in [4.78, 5) is 83.6. The number of ether oxygens (including phenoxy) is 2. The lowest BCUT2D eigenvalue weighted by Gasteiger charge is -2.35. The first-order valence-corrected chi connectivity index (χ1v) is 25.4. The van der Waals surface area contributed by atoms with Gasteiger partial charge < -0.3 is 39.4 Å². The third-order valence-electron chi connectivity index (χ3n) is 14.0. The smallest absolute Gasteiger partial charge is 0.247 e. The van der Waals surface area contributed by atoms with Crippen LogP contribution in [0, 0.1) is 11.7 Å². The third-order valence-corrected chi connectivity index (χ3v) is 14.5. The van der Waals surface area contributed by atoms with E-state index in [-0.39, 0.29) is 67.0 Å². The van der Waals surface area contributed by atoms with Gasteiger partial charge in [0.05, 0.1) is 37.5 Å². The number of nitrogens with one attached hydrogen (secondary N) is 2. The minimum absolute atomic E-state index is 0.000596. The maximum Gasteiger partial charge on any atom is 0.247 e. The molecular formula is C55H65Cl2FN8O7. The van der Waals surface area contributed by atoms with Gasteiger partial charge in [0.25, 0.3) is 0 Å². The summed E-state index contributed by atoms with van der Waals surface area (Å²) in [6, 6.07) is 22.2. The number of halogens is 3. The van der Waals surface area contributed by atoms with Crippen molar-refractivity contribution < 1.29 is 37.8 Å². The largest absolute Gasteiger partial charge is 0.457 e. The van der Waals surface area contributed by atoms with E-state index in [4.69, 9.17) is 37.7 Å². The van der Waals surface area contributed by atoms with Crippen molar-refractivity contribution in [1.29, 1.82) is 0 Å². The van der Waals surface area contributed by atoms with Gasteiger partial charge >= 0.3 is 0 Å². The van der Waals surface area contributed by atoms with Crippen LogP contribution in [0.4, 0.5) is 4.39 Å². The fourth-order valence-corrected chi connectivity index (χ4v) is 9.68. The van der Waals surface area contributed by atoms with Crippen LogP contribution < -0.4 is 15.4 Å². The van der Waals surface area contributed by atoms with Crippen LogP contribution in [0.1, 0.15) is 62.0 Å². The maximum atomic E-state index is 16.5. The monoisotopic (exact) mass is 1040 g/mol. The normalized spacial score (nSPS) is 21.2. The van der Waals surface area contributed by atoms with Crippen LogP contribution in [0.2, 0.25) is 10.0 Å². The Kier molecular flexibility index (Phi) is 18.7. The highest BCUT2D eigenvalue weighted by Crippen LogP contribution is 2.34. The highest BCUT2D eigenvalue weighted by atomic mass is 35.5. The number of benzene rings is 4. The third kappa shape index (κ3) is 14.0. The molecule has 3 heterocycles. The molecule has 1 aromatic heterocycles. The molecule has 2 aliphatic rings. The standard InChI is InChI=1S/C55H65Cl2FN8O7/c1-35-30-60-51(67)29-43(25-38-14-18-41(56)19-15-38)63(4)55(71)47(34-72-6)61-53(69)36(2)66(52(68)26-40(54(70)62(35)3)24-37-12-8-7-9-13-37)32-45-46(58)27-42(57)28-49(45)73-44-20-16-39(17-21-44)48-31-59-50(64(48)5)33-65-22-10-11-23-65/h7-9,12-21,27-28,31,35-36,40,43,47H,10-11,22-26,29-30,32-34H2,1-6H3,(H,60,67)(H,61,69)/t35-,36-,40+,43-,47-/m0/s1. The van der Waals surface area contributed by atoms with E-state index in [0.717, 1.165) is 53.9 Å². The van der Waals surface area contributed by atoms with Crippen molar-refractivity contribution in [2.75, 3.05) is 47.4 Å². The summed E-state index contributed by atoms with van der Waals surface area (Å²) in [5, 5.41) is 6.28. The predicted molar refractivity (Wildman–Crippen MR) is 278 cm³/mol. The minimum atomic E-state index is -1.35. The van der Waals surface area contributed by atoms with E-state index in [1.807, 2.05) is 67.8 Å². The number of imidazole rings is 1. The van der Waals surface area contributed by atoms with Gasteiger partial charge in [-0.3, -0.25) is 28.9 Å². The molecule has 5 amide bonds. The average Bonchev–Trinajstić information content (AvgIpc) is 4.03. The number of methoxy groups -OCH3 is 1. The van der Waals surface area contributed by atoms with Gasteiger partial charge in [0.15, 0.2) is 0 Å². The summed E-state index contributed by atoms with van der Waals surface area (Å²) in [5.41, 5.74) is 3.32. The van der Waals surface area contributed by atoms with Crippen LogP contribution in [0.3, 0.4) is 0 Å². The molecular weight excluding hydrogens is 975 g/mol. The van der Waals surface area contributed by atoms with Gasteiger partial charge in [-0.05, 0) is 112 Å². The Labute approximate surface area is 436 Å². The van der Waals surface area contributed by atoms with Gasteiger partial charge in [-0.25, -0.2) is 9.37 Å². The van der Waals surface area contributed by atoms with E-state index in [1.54, 1.807) is 45.3 Å². The van der Waals surface area contributed by atoms with Gasteiger partial charge in [0.2, 0.25) is 29.5 Å².